The average molecular weight is 281 g/mol. The molecule has 1 N–H and O–H groups in total. The van der Waals surface area contributed by atoms with Crippen LogP contribution in [0.15, 0.2) is 22.9 Å². The van der Waals surface area contributed by atoms with Crippen LogP contribution in [0.5, 0.6) is 0 Å². The third-order valence-electron chi connectivity index (χ3n) is 3.23. The van der Waals surface area contributed by atoms with Gasteiger partial charge in [0.25, 0.3) is 0 Å². The summed E-state index contributed by atoms with van der Waals surface area (Å²) in [6.45, 7) is 4.18. The van der Waals surface area contributed by atoms with Gasteiger partial charge >= 0.3 is 0 Å². The van der Waals surface area contributed by atoms with Crippen LogP contribution in [0.1, 0.15) is 32.1 Å². The highest BCUT2D eigenvalue weighted by molar-refractivity contribution is 6.32. The molecule has 2 aromatic rings. The standard InChI is InChI=1S/C13H17ClN4O/c1-4-9(8(2)15-3)13-17-12(18-19-13)11-10(14)6-5-7-16-11/h5-9,15H,4H2,1-3H3. The molecule has 2 atom stereocenters. The number of nitrogens with one attached hydrogen (secondary N) is 1. The lowest BCUT2D eigenvalue weighted by Crippen LogP contribution is -2.28. The van der Waals surface area contributed by atoms with Crippen molar-refractivity contribution in [1.82, 2.24) is 20.4 Å². The predicted octanol–water partition coefficient (Wildman–Crippen LogP) is 2.89. The number of hydrogen-bond donors (Lipinski definition) is 1. The lowest BCUT2D eigenvalue weighted by atomic mass is 9.98. The number of halogens is 1. The molecule has 0 aliphatic heterocycles. The summed E-state index contributed by atoms with van der Waals surface area (Å²) in [5.41, 5.74) is 0.547. The van der Waals surface area contributed by atoms with Crippen molar-refractivity contribution in [2.75, 3.05) is 7.05 Å². The summed E-state index contributed by atoms with van der Waals surface area (Å²) in [7, 11) is 1.92. The molecule has 6 heteroatoms. The molecule has 0 saturated carbocycles. The fraction of sp³-hybridized carbons (Fsp3) is 0.462. The van der Waals surface area contributed by atoms with Crippen LogP contribution in [0.3, 0.4) is 0 Å². The third-order valence-corrected chi connectivity index (χ3v) is 3.53. The quantitative estimate of drug-likeness (QED) is 0.912. The largest absolute Gasteiger partial charge is 0.339 e. The number of nitrogens with zero attached hydrogens (tertiary/aromatic N) is 3. The molecule has 2 heterocycles. The van der Waals surface area contributed by atoms with Gasteiger partial charge < -0.3 is 9.84 Å². The fourth-order valence-electron chi connectivity index (χ4n) is 1.98. The first-order valence-electron chi connectivity index (χ1n) is 6.29. The van der Waals surface area contributed by atoms with Crippen molar-refractivity contribution < 1.29 is 4.52 Å². The highest BCUT2D eigenvalue weighted by atomic mass is 35.5. The zero-order valence-corrected chi connectivity index (χ0v) is 12.0. The van der Waals surface area contributed by atoms with E-state index in [9.17, 15) is 0 Å². The minimum atomic E-state index is 0.175. The molecule has 2 unspecified atom stereocenters. The summed E-state index contributed by atoms with van der Waals surface area (Å²) in [4.78, 5) is 8.60. The molecule has 5 nitrogen and oxygen atoms in total. The molecule has 102 valence electrons. The highest BCUT2D eigenvalue weighted by Gasteiger charge is 2.23. The summed E-state index contributed by atoms with van der Waals surface area (Å²) in [6, 6.07) is 3.79. The summed E-state index contributed by atoms with van der Waals surface area (Å²) < 4.78 is 5.35. The number of pyridine rings is 1. The molecule has 0 spiro atoms. The second-order valence-corrected chi connectivity index (χ2v) is 4.79. The monoisotopic (exact) mass is 280 g/mol. The van der Waals surface area contributed by atoms with E-state index in [1.807, 2.05) is 7.05 Å². The number of likely N-dealkylation sites (N-methyl/N-ethyl adjacent to an activating group) is 1. The van der Waals surface area contributed by atoms with Crippen molar-refractivity contribution in [3.63, 3.8) is 0 Å². The molecule has 0 bridgehead atoms. The number of hydrogen-bond acceptors (Lipinski definition) is 5. The van der Waals surface area contributed by atoms with E-state index in [1.54, 1.807) is 18.3 Å². The van der Waals surface area contributed by atoms with Crippen molar-refractivity contribution >= 4 is 11.6 Å². The lowest BCUT2D eigenvalue weighted by Gasteiger charge is -2.17. The van der Waals surface area contributed by atoms with Crippen LogP contribution in [0.2, 0.25) is 5.02 Å². The van der Waals surface area contributed by atoms with Gasteiger partial charge in [-0.3, -0.25) is 4.98 Å². The van der Waals surface area contributed by atoms with Crippen LogP contribution in [0, 0.1) is 0 Å². The predicted molar refractivity (Wildman–Crippen MR) is 74.1 cm³/mol. The summed E-state index contributed by atoms with van der Waals surface area (Å²) in [6.07, 6.45) is 2.57. The van der Waals surface area contributed by atoms with Crippen molar-refractivity contribution in [1.29, 1.82) is 0 Å². The van der Waals surface area contributed by atoms with E-state index in [0.29, 0.717) is 22.4 Å². The second kappa shape index (κ2) is 6.12. The Bertz CT molecular complexity index is 543. The Labute approximate surface area is 117 Å². The van der Waals surface area contributed by atoms with E-state index in [-0.39, 0.29) is 12.0 Å². The second-order valence-electron chi connectivity index (χ2n) is 4.38. The SMILES string of the molecule is CCC(c1nc(-c2ncccc2Cl)no1)C(C)NC. The van der Waals surface area contributed by atoms with E-state index < -0.39 is 0 Å². The Balaban J connectivity index is 2.31. The van der Waals surface area contributed by atoms with Crippen LogP contribution < -0.4 is 5.32 Å². The van der Waals surface area contributed by atoms with E-state index in [4.69, 9.17) is 16.1 Å². The van der Waals surface area contributed by atoms with Gasteiger partial charge in [-0.15, -0.1) is 0 Å². The van der Waals surface area contributed by atoms with Gasteiger partial charge in [-0.25, -0.2) is 0 Å². The maximum atomic E-state index is 6.07. The zero-order valence-electron chi connectivity index (χ0n) is 11.2. The van der Waals surface area contributed by atoms with Crippen molar-refractivity contribution in [2.45, 2.75) is 32.2 Å². The molecular formula is C13H17ClN4O. The van der Waals surface area contributed by atoms with E-state index >= 15 is 0 Å². The van der Waals surface area contributed by atoms with Gasteiger partial charge in [0, 0.05) is 12.2 Å². The summed E-state index contributed by atoms with van der Waals surface area (Å²) >= 11 is 6.07. The van der Waals surface area contributed by atoms with Gasteiger partial charge in [-0.1, -0.05) is 23.7 Å². The number of rotatable bonds is 5. The first-order chi connectivity index (χ1) is 9.17. The van der Waals surface area contributed by atoms with E-state index in [0.717, 1.165) is 6.42 Å². The molecule has 2 rings (SSSR count). The lowest BCUT2D eigenvalue weighted by molar-refractivity contribution is 0.322. The van der Waals surface area contributed by atoms with Crippen molar-refractivity contribution in [3.05, 3.63) is 29.2 Å². The molecule has 0 aliphatic rings. The molecule has 0 saturated heterocycles. The molecule has 0 aliphatic carbocycles. The molecule has 19 heavy (non-hydrogen) atoms. The Hall–Kier alpha value is -1.46. The first kappa shape index (κ1) is 14.0. The minimum absolute atomic E-state index is 0.175. The van der Waals surface area contributed by atoms with E-state index in [1.165, 1.54) is 0 Å². The summed E-state index contributed by atoms with van der Waals surface area (Å²) in [5.74, 6) is 1.22. The van der Waals surface area contributed by atoms with Gasteiger partial charge in [0.15, 0.2) is 0 Å². The van der Waals surface area contributed by atoms with E-state index in [2.05, 4.69) is 34.3 Å². The molecule has 0 aromatic carbocycles. The minimum Gasteiger partial charge on any atom is -0.339 e. The van der Waals surface area contributed by atoms with Gasteiger partial charge in [0.05, 0.1) is 10.9 Å². The highest BCUT2D eigenvalue weighted by Crippen LogP contribution is 2.26. The molecule has 0 radical (unpaired) electrons. The summed E-state index contributed by atoms with van der Waals surface area (Å²) in [5, 5.41) is 7.70. The van der Waals surface area contributed by atoms with Crippen LogP contribution in [-0.4, -0.2) is 28.2 Å². The maximum absolute atomic E-state index is 6.07. The van der Waals surface area contributed by atoms with Crippen LogP contribution >= 0.6 is 11.6 Å². The Morgan fingerprint density at radius 3 is 2.89 bits per heavy atom. The van der Waals surface area contributed by atoms with Gasteiger partial charge in [0.2, 0.25) is 11.7 Å². The zero-order chi connectivity index (χ0) is 13.8. The molecule has 0 fully saturated rings. The van der Waals surface area contributed by atoms with Crippen molar-refractivity contribution in [2.24, 2.45) is 0 Å². The molecular weight excluding hydrogens is 264 g/mol. The van der Waals surface area contributed by atoms with Gasteiger partial charge in [-0.2, -0.15) is 4.98 Å². The fourth-order valence-corrected chi connectivity index (χ4v) is 2.18. The third kappa shape index (κ3) is 2.93. The molecule has 0 amide bonds. The van der Waals surface area contributed by atoms with Crippen LogP contribution in [0.4, 0.5) is 0 Å². The molecule has 2 aromatic heterocycles. The van der Waals surface area contributed by atoms with Gasteiger partial charge in [0.1, 0.15) is 5.69 Å². The van der Waals surface area contributed by atoms with Gasteiger partial charge in [-0.05, 0) is 32.5 Å². The first-order valence-corrected chi connectivity index (χ1v) is 6.67. The smallest absolute Gasteiger partial charge is 0.231 e. The maximum Gasteiger partial charge on any atom is 0.231 e. The van der Waals surface area contributed by atoms with Crippen LogP contribution in [0.25, 0.3) is 11.5 Å². The Morgan fingerprint density at radius 1 is 1.47 bits per heavy atom. The topological polar surface area (TPSA) is 63.8 Å². The normalized spacial score (nSPS) is 14.3. The number of aromatic nitrogens is 3. The average Bonchev–Trinajstić information content (AvgIpc) is 2.89. The van der Waals surface area contributed by atoms with Crippen LogP contribution in [-0.2, 0) is 0 Å². The Morgan fingerprint density at radius 2 is 2.26 bits per heavy atom. The van der Waals surface area contributed by atoms with Crippen molar-refractivity contribution in [3.8, 4) is 11.5 Å². The Kier molecular flexibility index (Phi) is 4.50.